The number of anilines is 1. The van der Waals surface area contributed by atoms with Gasteiger partial charge in [0.15, 0.2) is 0 Å². The molecule has 2 amide bonds. The number of hydrogen-bond donors (Lipinski definition) is 3. The Balaban J connectivity index is 1.54. The van der Waals surface area contributed by atoms with E-state index in [2.05, 4.69) is 31.9 Å². The first-order valence-corrected chi connectivity index (χ1v) is 9.41. The zero-order valence-corrected chi connectivity index (χ0v) is 15.2. The van der Waals surface area contributed by atoms with Gasteiger partial charge in [0.25, 0.3) is 0 Å². The largest absolute Gasteiger partial charge is 0.322 e. The quantitative estimate of drug-likeness (QED) is 0.654. The number of fused-ring (bicyclic) bond motifs is 2. The van der Waals surface area contributed by atoms with Gasteiger partial charge in [0.2, 0.25) is 0 Å². The normalized spacial score (nSPS) is 19.8. The molecule has 138 valence electrons. The number of hydrogen-bond acceptors (Lipinski definition) is 4. The van der Waals surface area contributed by atoms with E-state index in [0.29, 0.717) is 6.54 Å². The van der Waals surface area contributed by atoms with E-state index in [1.807, 2.05) is 36.2 Å². The average molecular weight is 362 g/mol. The fourth-order valence-corrected chi connectivity index (χ4v) is 4.11. The maximum absolute atomic E-state index is 12.6. The van der Waals surface area contributed by atoms with E-state index >= 15 is 0 Å². The highest BCUT2D eigenvalue weighted by molar-refractivity contribution is 6.00. The number of aromatic nitrogens is 3. The van der Waals surface area contributed by atoms with E-state index in [4.69, 9.17) is 0 Å². The molecule has 1 fully saturated rings. The molecule has 0 spiro atoms. The Morgan fingerprint density at radius 2 is 2.19 bits per heavy atom. The summed E-state index contributed by atoms with van der Waals surface area (Å²) in [7, 11) is 0. The minimum atomic E-state index is -0.0138. The minimum absolute atomic E-state index is 0.0138. The van der Waals surface area contributed by atoms with Crippen LogP contribution >= 0.6 is 0 Å². The van der Waals surface area contributed by atoms with Crippen molar-refractivity contribution in [1.29, 1.82) is 0 Å². The van der Waals surface area contributed by atoms with Crippen molar-refractivity contribution in [2.24, 2.45) is 0 Å². The average Bonchev–Trinajstić information content (AvgIpc) is 3.09. The van der Waals surface area contributed by atoms with Gasteiger partial charge in [0.1, 0.15) is 5.69 Å². The summed E-state index contributed by atoms with van der Waals surface area (Å²) in [5, 5.41) is 15.1. The van der Waals surface area contributed by atoms with Gasteiger partial charge in [-0.1, -0.05) is 0 Å². The van der Waals surface area contributed by atoms with Crippen molar-refractivity contribution < 1.29 is 4.79 Å². The Bertz CT molecular complexity index is 1020. The lowest BCUT2D eigenvalue weighted by molar-refractivity contribution is 0.166. The molecule has 3 N–H and O–H groups in total. The van der Waals surface area contributed by atoms with Crippen molar-refractivity contribution in [3.05, 3.63) is 41.7 Å². The van der Waals surface area contributed by atoms with Gasteiger partial charge in [-0.2, -0.15) is 5.10 Å². The molecule has 0 aliphatic carbocycles. The van der Waals surface area contributed by atoms with Crippen molar-refractivity contribution >= 4 is 22.6 Å². The van der Waals surface area contributed by atoms with Gasteiger partial charge >= 0.3 is 6.03 Å². The van der Waals surface area contributed by atoms with Gasteiger partial charge in [-0.05, 0) is 56.1 Å². The standard InChI is InChI=1S/C20H22N6O/c1-12-7-13(4-6-22-12)19-16-8-14-11-26(15-3-2-5-21-10-15)20(27)23-17(14)9-18(16)24-25-19/h4,6-9,15,21H,2-3,5,10-11H2,1H3,(H,23,27)(H,24,25)/t15-/m1/s1. The van der Waals surface area contributed by atoms with E-state index in [-0.39, 0.29) is 12.1 Å². The van der Waals surface area contributed by atoms with Crippen LogP contribution in [0.4, 0.5) is 10.5 Å². The monoisotopic (exact) mass is 362 g/mol. The van der Waals surface area contributed by atoms with Crippen molar-refractivity contribution in [3.8, 4) is 11.3 Å². The van der Waals surface area contributed by atoms with Crippen LogP contribution in [0, 0.1) is 6.92 Å². The maximum Gasteiger partial charge on any atom is 0.322 e. The molecule has 2 aliphatic heterocycles. The van der Waals surface area contributed by atoms with E-state index in [1.165, 1.54) is 0 Å². The number of piperidine rings is 1. The zero-order valence-electron chi connectivity index (χ0n) is 15.2. The second kappa shape index (κ2) is 6.35. The molecular formula is C20H22N6O. The molecule has 27 heavy (non-hydrogen) atoms. The van der Waals surface area contributed by atoms with E-state index in [9.17, 15) is 4.79 Å². The van der Waals surface area contributed by atoms with Gasteiger partial charge in [0, 0.05) is 47.7 Å². The minimum Gasteiger partial charge on any atom is -0.316 e. The van der Waals surface area contributed by atoms with Crippen LogP contribution in [0.25, 0.3) is 22.2 Å². The number of aryl methyl sites for hydroxylation is 1. The van der Waals surface area contributed by atoms with Crippen LogP contribution in [0.15, 0.2) is 30.5 Å². The molecule has 2 aromatic heterocycles. The van der Waals surface area contributed by atoms with Gasteiger partial charge in [-0.15, -0.1) is 0 Å². The lowest BCUT2D eigenvalue weighted by Gasteiger charge is -2.38. The first-order valence-electron chi connectivity index (χ1n) is 9.41. The third kappa shape index (κ3) is 2.84. The number of rotatable bonds is 2. The molecule has 0 bridgehead atoms. The number of urea groups is 1. The van der Waals surface area contributed by atoms with E-state index in [0.717, 1.165) is 65.0 Å². The van der Waals surface area contributed by atoms with Crippen LogP contribution in [0.2, 0.25) is 0 Å². The maximum atomic E-state index is 12.6. The van der Waals surface area contributed by atoms with Crippen molar-refractivity contribution in [2.75, 3.05) is 18.4 Å². The molecule has 0 unspecified atom stereocenters. The lowest BCUT2D eigenvalue weighted by atomic mass is 10.0. The molecular weight excluding hydrogens is 340 g/mol. The smallest absolute Gasteiger partial charge is 0.316 e. The highest BCUT2D eigenvalue weighted by Gasteiger charge is 2.30. The van der Waals surface area contributed by atoms with Crippen LogP contribution in [0.5, 0.6) is 0 Å². The summed E-state index contributed by atoms with van der Waals surface area (Å²) in [6, 6.07) is 8.39. The summed E-state index contributed by atoms with van der Waals surface area (Å²) < 4.78 is 0. The summed E-state index contributed by atoms with van der Waals surface area (Å²) in [6.07, 6.45) is 3.96. The SMILES string of the molecule is Cc1cc(-c2n[nH]c3cc4c(cc23)CN([C@@H]2CCCNC2)C(=O)N4)ccn1. The summed E-state index contributed by atoms with van der Waals surface area (Å²) in [4.78, 5) is 18.8. The number of pyridine rings is 1. The molecule has 2 aliphatic rings. The molecule has 3 aromatic rings. The number of nitrogens with one attached hydrogen (secondary N) is 3. The number of nitrogens with zero attached hydrogens (tertiary/aromatic N) is 3. The molecule has 7 heteroatoms. The first-order chi connectivity index (χ1) is 13.2. The second-order valence-electron chi connectivity index (χ2n) is 7.37. The van der Waals surface area contributed by atoms with E-state index < -0.39 is 0 Å². The predicted molar refractivity (Wildman–Crippen MR) is 105 cm³/mol. The van der Waals surface area contributed by atoms with Crippen LogP contribution in [-0.4, -0.2) is 45.2 Å². The van der Waals surface area contributed by atoms with Gasteiger partial charge in [-0.25, -0.2) is 4.79 Å². The van der Waals surface area contributed by atoms with Crippen LogP contribution in [0.3, 0.4) is 0 Å². The Morgan fingerprint density at radius 3 is 3.00 bits per heavy atom. The highest BCUT2D eigenvalue weighted by Crippen LogP contribution is 2.34. The van der Waals surface area contributed by atoms with Crippen LogP contribution in [-0.2, 0) is 6.54 Å². The highest BCUT2D eigenvalue weighted by atomic mass is 16.2. The Kier molecular flexibility index (Phi) is 3.82. The van der Waals surface area contributed by atoms with Gasteiger partial charge in [-0.3, -0.25) is 10.1 Å². The second-order valence-corrected chi connectivity index (χ2v) is 7.37. The molecule has 1 saturated heterocycles. The zero-order chi connectivity index (χ0) is 18.4. The molecule has 0 radical (unpaired) electrons. The number of aromatic amines is 1. The molecule has 1 aromatic carbocycles. The summed E-state index contributed by atoms with van der Waals surface area (Å²) in [5.41, 5.74) is 5.84. The Morgan fingerprint density at radius 1 is 1.26 bits per heavy atom. The third-order valence-electron chi connectivity index (χ3n) is 5.51. The van der Waals surface area contributed by atoms with Crippen molar-refractivity contribution in [1.82, 2.24) is 25.4 Å². The number of carbonyl (C=O) groups is 1. The predicted octanol–water partition coefficient (Wildman–Crippen LogP) is 3.03. The third-order valence-corrected chi connectivity index (χ3v) is 5.51. The number of carbonyl (C=O) groups excluding carboxylic acids is 1. The molecule has 7 nitrogen and oxygen atoms in total. The molecule has 0 saturated carbocycles. The molecule has 1 atom stereocenters. The summed E-state index contributed by atoms with van der Waals surface area (Å²) >= 11 is 0. The number of amides is 2. The number of benzene rings is 1. The van der Waals surface area contributed by atoms with Gasteiger partial charge in [0.05, 0.1) is 5.52 Å². The van der Waals surface area contributed by atoms with Gasteiger partial charge < -0.3 is 15.5 Å². The van der Waals surface area contributed by atoms with E-state index in [1.54, 1.807) is 0 Å². The van der Waals surface area contributed by atoms with Crippen molar-refractivity contribution in [3.63, 3.8) is 0 Å². The topological polar surface area (TPSA) is 85.9 Å². The first kappa shape index (κ1) is 16.3. The van der Waals surface area contributed by atoms with Crippen molar-refractivity contribution in [2.45, 2.75) is 32.4 Å². The Labute approximate surface area is 157 Å². The Hall–Kier alpha value is -2.93. The molecule has 5 rings (SSSR count). The van der Waals surface area contributed by atoms with Crippen LogP contribution < -0.4 is 10.6 Å². The fraction of sp³-hybridized carbons (Fsp3) is 0.350. The fourth-order valence-electron chi connectivity index (χ4n) is 4.11. The number of H-pyrrole nitrogens is 1. The van der Waals surface area contributed by atoms with Crippen LogP contribution in [0.1, 0.15) is 24.1 Å². The molecule has 4 heterocycles. The summed E-state index contributed by atoms with van der Waals surface area (Å²) in [6.45, 7) is 4.50. The lowest BCUT2D eigenvalue weighted by Crippen LogP contribution is -2.51. The summed E-state index contributed by atoms with van der Waals surface area (Å²) in [5.74, 6) is 0.